The number of nitrogens with zero attached hydrogens (tertiary/aromatic N) is 4. The molecule has 1 amide bonds. The predicted octanol–water partition coefficient (Wildman–Crippen LogP) is 3.52. The van der Waals surface area contributed by atoms with E-state index in [1.54, 1.807) is 4.90 Å². The van der Waals surface area contributed by atoms with Crippen molar-refractivity contribution in [3.05, 3.63) is 30.1 Å². The van der Waals surface area contributed by atoms with E-state index in [1.807, 2.05) is 18.2 Å². The summed E-state index contributed by atoms with van der Waals surface area (Å²) >= 11 is 0. The largest absolute Gasteiger partial charge is 0.447 e. The van der Waals surface area contributed by atoms with E-state index >= 15 is 0 Å². The Kier molecular flexibility index (Phi) is 4.32. The molecule has 0 N–H and O–H groups in total. The van der Waals surface area contributed by atoms with Crippen LogP contribution < -0.4 is 4.90 Å². The minimum atomic E-state index is -0.282. The Morgan fingerprint density at radius 2 is 1.93 bits per heavy atom. The summed E-state index contributed by atoms with van der Waals surface area (Å²) in [4.78, 5) is 18.6. The minimum absolute atomic E-state index is 0.282. The Labute approximate surface area is 158 Å². The first kappa shape index (κ1) is 16.7. The zero-order chi connectivity index (χ0) is 18.2. The third kappa shape index (κ3) is 3.10. The van der Waals surface area contributed by atoms with Crippen LogP contribution in [0, 0.1) is 0 Å². The topological polar surface area (TPSA) is 69.5 Å². The van der Waals surface area contributed by atoms with Gasteiger partial charge < -0.3 is 9.47 Å². The zero-order valence-corrected chi connectivity index (χ0v) is 15.3. The van der Waals surface area contributed by atoms with Gasteiger partial charge in [-0.2, -0.15) is 5.10 Å². The summed E-state index contributed by atoms with van der Waals surface area (Å²) in [5.41, 5.74) is 1.86. The van der Waals surface area contributed by atoms with Gasteiger partial charge in [-0.3, -0.25) is 4.90 Å². The summed E-state index contributed by atoms with van der Waals surface area (Å²) in [6.07, 6.45) is 5.23. The number of rotatable bonds is 4. The molecule has 3 fully saturated rings. The van der Waals surface area contributed by atoms with Gasteiger partial charge in [0.25, 0.3) is 0 Å². The monoisotopic (exact) mass is 368 g/mol. The molecule has 1 aromatic carbocycles. The second-order valence-electron chi connectivity index (χ2n) is 7.53. The molecule has 3 heterocycles. The molecule has 1 aliphatic carbocycles. The summed E-state index contributed by atoms with van der Waals surface area (Å²) in [7, 11) is 0. The molecule has 2 aromatic rings. The van der Waals surface area contributed by atoms with Crippen LogP contribution in [0.15, 0.2) is 24.3 Å². The number of hydrogen-bond donors (Lipinski definition) is 0. The molecule has 0 atom stereocenters. The van der Waals surface area contributed by atoms with E-state index in [9.17, 15) is 4.79 Å². The van der Waals surface area contributed by atoms with Crippen LogP contribution in [0.5, 0.6) is 0 Å². The van der Waals surface area contributed by atoms with E-state index in [1.165, 1.54) is 6.42 Å². The number of cyclic esters (lactones) is 1. The zero-order valence-electron chi connectivity index (χ0n) is 15.3. The van der Waals surface area contributed by atoms with Crippen molar-refractivity contribution in [1.29, 1.82) is 0 Å². The van der Waals surface area contributed by atoms with E-state index in [0.717, 1.165) is 61.8 Å². The van der Waals surface area contributed by atoms with Crippen LogP contribution in [0.4, 0.5) is 10.5 Å². The molecule has 0 bridgehead atoms. The fraction of sp³-hybridized carbons (Fsp3) is 0.550. The summed E-state index contributed by atoms with van der Waals surface area (Å²) in [5, 5.41) is 4.92. The van der Waals surface area contributed by atoms with Crippen molar-refractivity contribution < 1.29 is 14.3 Å². The van der Waals surface area contributed by atoms with Crippen molar-refractivity contribution in [2.24, 2.45) is 0 Å². The lowest BCUT2D eigenvalue weighted by Crippen LogP contribution is -2.23. The van der Waals surface area contributed by atoms with Crippen LogP contribution in [0.25, 0.3) is 11.4 Å². The van der Waals surface area contributed by atoms with Crippen LogP contribution in [0.3, 0.4) is 0 Å². The molecule has 27 heavy (non-hydrogen) atoms. The number of ether oxygens (including phenoxy) is 2. The van der Waals surface area contributed by atoms with Crippen LogP contribution in [-0.4, -0.2) is 47.2 Å². The second-order valence-corrected chi connectivity index (χ2v) is 7.53. The third-order valence-corrected chi connectivity index (χ3v) is 5.83. The van der Waals surface area contributed by atoms with Crippen LogP contribution in [0.1, 0.15) is 49.9 Å². The predicted molar refractivity (Wildman–Crippen MR) is 99.8 cm³/mol. The molecule has 3 aliphatic rings. The molecule has 2 saturated heterocycles. The molecule has 0 spiro atoms. The Morgan fingerprint density at radius 1 is 1.07 bits per heavy atom. The Morgan fingerprint density at radius 3 is 2.63 bits per heavy atom. The molecular formula is C20H24N4O3. The van der Waals surface area contributed by atoms with Gasteiger partial charge in [-0.25, -0.2) is 14.5 Å². The summed E-state index contributed by atoms with van der Waals surface area (Å²) in [6, 6.07) is 8.43. The van der Waals surface area contributed by atoms with Gasteiger partial charge in [0.1, 0.15) is 6.61 Å². The maximum Gasteiger partial charge on any atom is 0.414 e. The highest BCUT2D eigenvalue weighted by atomic mass is 16.6. The highest BCUT2D eigenvalue weighted by molar-refractivity contribution is 5.90. The van der Waals surface area contributed by atoms with Crippen molar-refractivity contribution >= 4 is 11.8 Å². The van der Waals surface area contributed by atoms with Crippen molar-refractivity contribution in [1.82, 2.24) is 14.8 Å². The number of anilines is 1. The molecule has 2 aliphatic heterocycles. The highest BCUT2D eigenvalue weighted by Crippen LogP contribution is 2.37. The first-order valence-electron chi connectivity index (χ1n) is 9.88. The molecule has 0 radical (unpaired) electrons. The Bertz CT molecular complexity index is 840. The molecule has 7 nitrogen and oxygen atoms in total. The van der Waals surface area contributed by atoms with Gasteiger partial charge in [0.05, 0.1) is 12.6 Å². The van der Waals surface area contributed by atoms with Gasteiger partial charge >= 0.3 is 6.09 Å². The lowest BCUT2D eigenvalue weighted by Gasteiger charge is -2.27. The van der Waals surface area contributed by atoms with E-state index < -0.39 is 0 Å². The van der Waals surface area contributed by atoms with E-state index in [2.05, 4.69) is 10.7 Å². The van der Waals surface area contributed by atoms with Crippen LogP contribution in [0.2, 0.25) is 0 Å². The van der Waals surface area contributed by atoms with Gasteiger partial charge in [0, 0.05) is 30.4 Å². The van der Waals surface area contributed by atoms with E-state index in [-0.39, 0.29) is 6.09 Å². The van der Waals surface area contributed by atoms with Crippen molar-refractivity contribution in [2.45, 2.75) is 44.1 Å². The number of aromatic nitrogens is 3. The summed E-state index contributed by atoms with van der Waals surface area (Å²) < 4.78 is 12.7. The SMILES string of the molecule is O=C1OCCN1c1cccc(-c2nc(C3CCOCC3)nn2C2CCC2)c1. The number of carbonyl (C=O) groups is 1. The number of benzene rings is 1. The maximum absolute atomic E-state index is 11.9. The molecule has 1 saturated carbocycles. The van der Waals surface area contributed by atoms with Gasteiger partial charge in [-0.1, -0.05) is 12.1 Å². The van der Waals surface area contributed by atoms with Gasteiger partial charge in [0.2, 0.25) is 0 Å². The minimum Gasteiger partial charge on any atom is -0.447 e. The standard InChI is InChI=1S/C20H24N4O3/c25-20-23(9-12-27-20)17-6-1-3-15(13-17)19-21-18(14-7-10-26-11-8-14)22-24(19)16-4-2-5-16/h1,3,6,13-14,16H,2,4-5,7-12H2. The van der Waals surface area contributed by atoms with Crippen LogP contribution in [-0.2, 0) is 9.47 Å². The number of hydrogen-bond acceptors (Lipinski definition) is 5. The normalized spacial score (nSPS) is 21.3. The quantitative estimate of drug-likeness (QED) is 0.826. The molecule has 0 unspecified atom stereocenters. The Balaban J connectivity index is 1.51. The summed E-state index contributed by atoms with van der Waals surface area (Å²) in [6.45, 7) is 2.59. The molecular weight excluding hydrogens is 344 g/mol. The van der Waals surface area contributed by atoms with E-state index in [0.29, 0.717) is 25.1 Å². The molecule has 5 rings (SSSR count). The molecule has 7 heteroatoms. The Hall–Kier alpha value is -2.41. The van der Waals surface area contributed by atoms with Gasteiger partial charge in [0.15, 0.2) is 11.6 Å². The third-order valence-electron chi connectivity index (χ3n) is 5.83. The molecule has 142 valence electrons. The maximum atomic E-state index is 11.9. The first-order chi connectivity index (χ1) is 13.3. The first-order valence-corrected chi connectivity index (χ1v) is 9.88. The fourth-order valence-corrected chi connectivity index (χ4v) is 3.99. The number of amides is 1. The summed E-state index contributed by atoms with van der Waals surface area (Å²) in [5.74, 6) is 2.22. The fourth-order valence-electron chi connectivity index (χ4n) is 3.99. The van der Waals surface area contributed by atoms with Crippen molar-refractivity contribution in [3.8, 4) is 11.4 Å². The molecule has 1 aromatic heterocycles. The smallest absolute Gasteiger partial charge is 0.414 e. The lowest BCUT2D eigenvalue weighted by molar-refractivity contribution is 0.0834. The van der Waals surface area contributed by atoms with E-state index in [4.69, 9.17) is 19.6 Å². The second kappa shape index (κ2) is 6.96. The average molecular weight is 368 g/mol. The van der Waals surface area contributed by atoms with Crippen molar-refractivity contribution in [2.75, 3.05) is 31.3 Å². The highest BCUT2D eigenvalue weighted by Gasteiger charge is 2.29. The number of carbonyl (C=O) groups excluding carboxylic acids is 1. The van der Waals surface area contributed by atoms with Crippen LogP contribution >= 0.6 is 0 Å². The van der Waals surface area contributed by atoms with Gasteiger partial charge in [-0.15, -0.1) is 0 Å². The lowest BCUT2D eigenvalue weighted by atomic mass is 9.93. The average Bonchev–Trinajstić information content (AvgIpc) is 3.28. The van der Waals surface area contributed by atoms with Gasteiger partial charge in [-0.05, 0) is 44.2 Å². The van der Waals surface area contributed by atoms with Crippen molar-refractivity contribution in [3.63, 3.8) is 0 Å².